The van der Waals surface area contributed by atoms with Gasteiger partial charge in [-0.1, -0.05) is 61.4 Å². The molecule has 1 fully saturated rings. The summed E-state index contributed by atoms with van der Waals surface area (Å²) in [6.45, 7) is 6.58. The van der Waals surface area contributed by atoms with Crippen LogP contribution < -0.4 is 16.0 Å². The summed E-state index contributed by atoms with van der Waals surface area (Å²) in [5.41, 5.74) is 0.112. The standard InChI is InChI=1S/C19H21Cl2N5O3S/c1-19(2,3)17-24-14(16(28)26-8-7-22-12(27)9-26)15(30-17)25-18(29)23-11-6-4-5-10(20)13(11)21/h4-6H,7-9H2,1-3H3,(H,22,27)(H2,23,25,29). The van der Waals surface area contributed by atoms with E-state index in [4.69, 9.17) is 23.2 Å². The van der Waals surface area contributed by atoms with Crippen molar-refractivity contribution in [1.29, 1.82) is 0 Å². The van der Waals surface area contributed by atoms with E-state index in [9.17, 15) is 14.4 Å². The summed E-state index contributed by atoms with van der Waals surface area (Å²) in [4.78, 5) is 43.2. The molecule has 4 amide bonds. The second kappa shape index (κ2) is 8.79. The van der Waals surface area contributed by atoms with Crippen molar-refractivity contribution in [1.82, 2.24) is 15.2 Å². The van der Waals surface area contributed by atoms with Gasteiger partial charge in [-0.05, 0) is 12.1 Å². The predicted octanol–water partition coefficient (Wildman–Crippen LogP) is 3.96. The van der Waals surface area contributed by atoms with Crippen LogP contribution in [0.4, 0.5) is 15.5 Å². The third-order valence-corrected chi connectivity index (χ3v) is 6.44. The molecular weight excluding hydrogens is 449 g/mol. The number of urea groups is 1. The van der Waals surface area contributed by atoms with Crippen LogP contribution in [0.3, 0.4) is 0 Å². The number of hydrogen-bond donors (Lipinski definition) is 3. The van der Waals surface area contributed by atoms with Gasteiger partial charge in [-0.3, -0.25) is 14.9 Å². The van der Waals surface area contributed by atoms with Gasteiger partial charge in [-0.2, -0.15) is 0 Å². The molecule has 0 spiro atoms. The second-order valence-electron chi connectivity index (χ2n) is 7.70. The number of aromatic nitrogens is 1. The van der Waals surface area contributed by atoms with Crippen LogP contribution in [-0.2, 0) is 10.2 Å². The molecular formula is C19H21Cl2N5O3S. The Hall–Kier alpha value is -2.36. The molecule has 1 aliphatic rings. The number of nitrogens with zero attached hydrogens (tertiary/aromatic N) is 2. The smallest absolute Gasteiger partial charge is 0.324 e. The van der Waals surface area contributed by atoms with Crippen LogP contribution in [0.5, 0.6) is 0 Å². The number of nitrogens with one attached hydrogen (secondary N) is 3. The number of carbonyl (C=O) groups is 3. The zero-order chi connectivity index (χ0) is 22.1. The zero-order valence-corrected chi connectivity index (χ0v) is 19.0. The summed E-state index contributed by atoms with van der Waals surface area (Å²) >= 11 is 13.3. The molecule has 0 atom stereocenters. The van der Waals surface area contributed by atoms with Gasteiger partial charge in [-0.25, -0.2) is 9.78 Å². The van der Waals surface area contributed by atoms with Crippen molar-refractivity contribution in [2.24, 2.45) is 0 Å². The molecule has 3 rings (SSSR count). The molecule has 2 heterocycles. The number of thiazole rings is 1. The molecule has 1 aliphatic heterocycles. The first kappa shape index (κ1) is 22.3. The van der Waals surface area contributed by atoms with Crippen LogP contribution in [0.1, 0.15) is 36.3 Å². The quantitative estimate of drug-likeness (QED) is 0.632. The molecule has 0 bridgehead atoms. The van der Waals surface area contributed by atoms with Crippen LogP contribution in [-0.4, -0.2) is 47.4 Å². The first-order chi connectivity index (χ1) is 14.1. The van der Waals surface area contributed by atoms with Crippen molar-refractivity contribution in [3.63, 3.8) is 0 Å². The molecule has 0 unspecified atom stereocenters. The first-order valence-electron chi connectivity index (χ1n) is 9.15. The van der Waals surface area contributed by atoms with E-state index in [1.54, 1.807) is 18.2 Å². The van der Waals surface area contributed by atoms with Gasteiger partial charge in [0.25, 0.3) is 5.91 Å². The first-order valence-corrected chi connectivity index (χ1v) is 10.7. The molecule has 11 heteroatoms. The van der Waals surface area contributed by atoms with Crippen molar-refractivity contribution in [3.8, 4) is 0 Å². The lowest BCUT2D eigenvalue weighted by molar-refractivity contribution is -0.123. The fraction of sp³-hybridized carbons (Fsp3) is 0.368. The summed E-state index contributed by atoms with van der Waals surface area (Å²) in [5.74, 6) is -0.642. The van der Waals surface area contributed by atoms with Crippen LogP contribution in [0.2, 0.25) is 10.0 Å². The van der Waals surface area contributed by atoms with Crippen molar-refractivity contribution in [2.45, 2.75) is 26.2 Å². The fourth-order valence-electron chi connectivity index (χ4n) is 2.69. The minimum atomic E-state index is -0.589. The minimum absolute atomic E-state index is 0.0506. The number of hydrogen-bond acceptors (Lipinski definition) is 5. The van der Waals surface area contributed by atoms with Gasteiger partial charge in [0.05, 0.1) is 22.3 Å². The van der Waals surface area contributed by atoms with Crippen LogP contribution in [0.25, 0.3) is 0 Å². The molecule has 3 N–H and O–H groups in total. The third kappa shape index (κ3) is 5.03. The molecule has 1 aromatic carbocycles. The van der Waals surface area contributed by atoms with E-state index in [-0.39, 0.29) is 28.6 Å². The van der Waals surface area contributed by atoms with Gasteiger partial charge in [-0.15, -0.1) is 0 Å². The zero-order valence-electron chi connectivity index (χ0n) is 16.6. The molecule has 160 valence electrons. The Morgan fingerprint density at radius 3 is 2.63 bits per heavy atom. The molecule has 0 radical (unpaired) electrons. The van der Waals surface area contributed by atoms with E-state index < -0.39 is 11.9 Å². The average Bonchev–Trinajstić information content (AvgIpc) is 3.09. The topological polar surface area (TPSA) is 103 Å². The predicted molar refractivity (Wildman–Crippen MR) is 119 cm³/mol. The highest BCUT2D eigenvalue weighted by atomic mass is 35.5. The molecule has 30 heavy (non-hydrogen) atoms. The second-order valence-corrected chi connectivity index (χ2v) is 9.49. The highest BCUT2D eigenvalue weighted by molar-refractivity contribution is 7.16. The SMILES string of the molecule is CC(C)(C)c1nc(C(=O)N2CCNC(=O)C2)c(NC(=O)Nc2cccc(Cl)c2Cl)s1. The molecule has 1 aromatic heterocycles. The number of anilines is 2. The van der Waals surface area contributed by atoms with Crippen molar-refractivity contribution in [2.75, 3.05) is 30.3 Å². The summed E-state index contributed by atoms with van der Waals surface area (Å²) in [6, 6.07) is 4.29. The van der Waals surface area contributed by atoms with Crippen LogP contribution in [0, 0.1) is 0 Å². The monoisotopic (exact) mass is 469 g/mol. The lowest BCUT2D eigenvalue weighted by Crippen LogP contribution is -2.50. The van der Waals surface area contributed by atoms with Gasteiger partial charge < -0.3 is 15.5 Å². The molecule has 2 aromatic rings. The molecule has 0 saturated carbocycles. The Morgan fingerprint density at radius 2 is 1.97 bits per heavy atom. The van der Waals surface area contributed by atoms with Gasteiger partial charge in [0.1, 0.15) is 10.0 Å². The van der Waals surface area contributed by atoms with E-state index in [2.05, 4.69) is 20.9 Å². The number of amides is 4. The van der Waals surface area contributed by atoms with Gasteiger partial charge in [0.15, 0.2) is 5.69 Å². The minimum Gasteiger partial charge on any atom is -0.353 e. The van der Waals surface area contributed by atoms with Gasteiger partial charge in [0, 0.05) is 18.5 Å². The highest BCUT2D eigenvalue weighted by Gasteiger charge is 2.30. The van der Waals surface area contributed by atoms with E-state index in [0.717, 1.165) is 0 Å². The number of benzene rings is 1. The molecule has 0 aliphatic carbocycles. The van der Waals surface area contributed by atoms with Crippen LogP contribution in [0.15, 0.2) is 18.2 Å². The molecule has 1 saturated heterocycles. The summed E-state index contributed by atoms with van der Waals surface area (Å²) in [6.07, 6.45) is 0. The van der Waals surface area contributed by atoms with Gasteiger partial charge >= 0.3 is 6.03 Å². The lowest BCUT2D eigenvalue weighted by Gasteiger charge is -2.26. The van der Waals surface area contributed by atoms with E-state index in [0.29, 0.717) is 33.8 Å². The summed E-state index contributed by atoms with van der Waals surface area (Å²) < 4.78 is 0. The Morgan fingerprint density at radius 1 is 1.23 bits per heavy atom. The maximum Gasteiger partial charge on any atom is 0.324 e. The van der Waals surface area contributed by atoms with Crippen molar-refractivity contribution >= 4 is 63.1 Å². The number of halogens is 2. The highest BCUT2D eigenvalue weighted by Crippen LogP contribution is 2.34. The lowest BCUT2D eigenvalue weighted by atomic mass is 9.98. The third-order valence-electron chi connectivity index (χ3n) is 4.22. The molecule has 8 nitrogen and oxygen atoms in total. The number of rotatable bonds is 3. The Labute approximate surface area is 187 Å². The van der Waals surface area contributed by atoms with Crippen molar-refractivity contribution in [3.05, 3.63) is 38.9 Å². The maximum absolute atomic E-state index is 13.0. The number of piperazine rings is 1. The average molecular weight is 470 g/mol. The maximum atomic E-state index is 13.0. The van der Waals surface area contributed by atoms with Gasteiger partial charge in [0.2, 0.25) is 5.91 Å². The normalized spacial score (nSPS) is 14.3. The van der Waals surface area contributed by atoms with Crippen LogP contribution >= 0.6 is 34.5 Å². The fourth-order valence-corrected chi connectivity index (χ4v) is 4.05. The largest absolute Gasteiger partial charge is 0.353 e. The summed E-state index contributed by atoms with van der Waals surface area (Å²) in [7, 11) is 0. The number of carbonyl (C=O) groups excluding carboxylic acids is 3. The Bertz CT molecular complexity index is 1000. The Balaban J connectivity index is 1.86. The van der Waals surface area contributed by atoms with Crippen molar-refractivity contribution < 1.29 is 14.4 Å². The van der Waals surface area contributed by atoms with E-state index >= 15 is 0 Å². The van der Waals surface area contributed by atoms with E-state index in [1.807, 2.05) is 20.8 Å². The Kier molecular flexibility index (Phi) is 6.54. The van der Waals surface area contributed by atoms with E-state index in [1.165, 1.54) is 16.2 Å². The summed E-state index contributed by atoms with van der Waals surface area (Å²) in [5, 5.41) is 9.49.